The second-order valence-corrected chi connectivity index (χ2v) is 3.46. The smallest absolute Gasteiger partial charge is 0.336 e. The molecule has 4 nitrogen and oxygen atoms in total. The predicted molar refractivity (Wildman–Crippen MR) is 63.2 cm³/mol. The summed E-state index contributed by atoms with van der Waals surface area (Å²) in [6, 6.07) is 8.71. The summed E-state index contributed by atoms with van der Waals surface area (Å²) in [4.78, 5) is 15.0. The molecule has 0 unspecified atom stereocenters. The number of carboxylic acids is 1. The van der Waals surface area contributed by atoms with Crippen molar-refractivity contribution in [3.8, 4) is 16.9 Å². The molecule has 1 N–H and O–H groups in total. The summed E-state index contributed by atoms with van der Waals surface area (Å²) < 4.78 is 5.11. The van der Waals surface area contributed by atoms with Crippen LogP contribution < -0.4 is 4.74 Å². The number of pyridine rings is 1. The number of hydrogen-bond donors (Lipinski definition) is 1. The van der Waals surface area contributed by atoms with Crippen molar-refractivity contribution >= 4 is 5.97 Å². The molecule has 0 atom stereocenters. The number of aromatic carboxylic acids is 1. The van der Waals surface area contributed by atoms with Crippen LogP contribution in [0.4, 0.5) is 0 Å². The van der Waals surface area contributed by atoms with Gasteiger partial charge in [0.05, 0.1) is 12.7 Å². The number of methoxy groups -OCH3 is 1. The maximum Gasteiger partial charge on any atom is 0.336 e. The molecule has 0 aliphatic heterocycles. The van der Waals surface area contributed by atoms with Crippen LogP contribution in [0, 0.1) is 0 Å². The molecule has 0 aliphatic rings. The van der Waals surface area contributed by atoms with Gasteiger partial charge in [-0.25, -0.2) is 4.79 Å². The number of carbonyl (C=O) groups is 1. The Balaban J connectivity index is 2.56. The fourth-order valence-electron chi connectivity index (χ4n) is 1.60. The summed E-state index contributed by atoms with van der Waals surface area (Å²) in [5, 5.41) is 9.09. The van der Waals surface area contributed by atoms with Crippen LogP contribution in [0.5, 0.6) is 5.75 Å². The Morgan fingerprint density at radius 1 is 1.35 bits per heavy atom. The first kappa shape index (κ1) is 11.1. The lowest BCUT2D eigenvalue weighted by Crippen LogP contribution is -1.99. The summed E-state index contributed by atoms with van der Waals surface area (Å²) in [6.45, 7) is 0. The molecule has 4 heteroatoms. The van der Waals surface area contributed by atoms with Gasteiger partial charge in [-0.2, -0.15) is 0 Å². The molecule has 1 aromatic heterocycles. The molecule has 2 rings (SSSR count). The number of nitrogens with zero attached hydrogens (tertiary/aromatic N) is 1. The zero-order valence-electron chi connectivity index (χ0n) is 9.25. The number of ether oxygens (including phenoxy) is 1. The van der Waals surface area contributed by atoms with E-state index in [9.17, 15) is 4.79 Å². The van der Waals surface area contributed by atoms with Crippen LogP contribution in [0.1, 0.15) is 10.4 Å². The zero-order chi connectivity index (χ0) is 12.3. The van der Waals surface area contributed by atoms with E-state index in [4.69, 9.17) is 9.84 Å². The van der Waals surface area contributed by atoms with Gasteiger partial charge in [0.1, 0.15) is 5.75 Å². The highest BCUT2D eigenvalue weighted by Crippen LogP contribution is 2.26. The van der Waals surface area contributed by atoms with Crippen molar-refractivity contribution in [3.05, 3.63) is 48.3 Å². The standard InChI is InChI=1S/C13H11NO3/c1-17-10-4-2-3-9(7-10)12-8-14-6-5-11(12)13(15)16/h2-8H,1H3,(H,15,16). The van der Waals surface area contributed by atoms with E-state index in [1.807, 2.05) is 12.1 Å². The Kier molecular flexibility index (Phi) is 3.05. The summed E-state index contributed by atoms with van der Waals surface area (Å²) >= 11 is 0. The van der Waals surface area contributed by atoms with Gasteiger partial charge in [-0.05, 0) is 23.8 Å². The zero-order valence-corrected chi connectivity index (χ0v) is 9.25. The van der Waals surface area contributed by atoms with Crippen LogP contribution in [-0.4, -0.2) is 23.2 Å². The molecule has 0 saturated carbocycles. The molecule has 17 heavy (non-hydrogen) atoms. The van der Waals surface area contributed by atoms with Gasteiger partial charge in [0, 0.05) is 18.0 Å². The van der Waals surface area contributed by atoms with Crippen molar-refractivity contribution < 1.29 is 14.6 Å². The van der Waals surface area contributed by atoms with Crippen LogP contribution in [0.15, 0.2) is 42.7 Å². The molecule has 0 fully saturated rings. The molecule has 2 aromatic rings. The average molecular weight is 229 g/mol. The first-order valence-corrected chi connectivity index (χ1v) is 5.04. The molecule has 0 aliphatic carbocycles. The highest BCUT2D eigenvalue weighted by molar-refractivity contribution is 5.95. The third kappa shape index (κ3) is 2.25. The van der Waals surface area contributed by atoms with Crippen molar-refractivity contribution in [1.29, 1.82) is 0 Å². The Labute approximate surface area is 98.5 Å². The minimum Gasteiger partial charge on any atom is -0.497 e. The molecule has 1 aromatic carbocycles. The first-order chi connectivity index (χ1) is 8.22. The summed E-state index contributed by atoms with van der Waals surface area (Å²) in [5.74, 6) is -0.284. The quantitative estimate of drug-likeness (QED) is 0.878. The average Bonchev–Trinajstić information content (AvgIpc) is 2.39. The van der Waals surface area contributed by atoms with Gasteiger partial charge in [-0.15, -0.1) is 0 Å². The topological polar surface area (TPSA) is 59.4 Å². The van der Waals surface area contributed by atoms with Gasteiger partial charge in [0.2, 0.25) is 0 Å². The molecule has 0 amide bonds. The van der Waals surface area contributed by atoms with E-state index in [0.717, 1.165) is 5.56 Å². The summed E-state index contributed by atoms with van der Waals surface area (Å²) in [7, 11) is 1.57. The maximum absolute atomic E-state index is 11.1. The second kappa shape index (κ2) is 4.65. The third-order valence-electron chi connectivity index (χ3n) is 2.43. The Bertz CT molecular complexity index is 552. The molecular weight excluding hydrogens is 218 g/mol. The first-order valence-electron chi connectivity index (χ1n) is 5.04. The monoisotopic (exact) mass is 229 g/mol. The van der Waals surface area contributed by atoms with Crippen molar-refractivity contribution in [1.82, 2.24) is 4.98 Å². The number of aromatic nitrogens is 1. The largest absolute Gasteiger partial charge is 0.497 e. The highest BCUT2D eigenvalue weighted by atomic mass is 16.5. The van der Waals surface area contributed by atoms with Crippen molar-refractivity contribution in [2.45, 2.75) is 0 Å². The SMILES string of the molecule is COc1cccc(-c2cnccc2C(=O)O)c1. The van der Waals surface area contributed by atoms with Crippen LogP contribution in [0.2, 0.25) is 0 Å². The van der Waals surface area contributed by atoms with E-state index in [1.54, 1.807) is 19.2 Å². The fraction of sp³-hybridized carbons (Fsp3) is 0.0769. The molecule has 0 radical (unpaired) electrons. The van der Waals surface area contributed by atoms with Gasteiger partial charge in [-0.1, -0.05) is 12.1 Å². The molecular formula is C13H11NO3. The third-order valence-corrected chi connectivity index (χ3v) is 2.43. The molecule has 0 saturated heterocycles. The summed E-state index contributed by atoms with van der Waals surface area (Å²) in [5.41, 5.74) is 1.59. The van der Waals surface area contributed by atoms with Crippen LogP contribution in [-0.2, 0) is 0 Å². The Morgan fingerprint density at radius 3 is 2.88 bits per heavy atom. The lowest BCUT2D eigenvalue weighted by molar-refractivity contribution is 0.0697. The van der Waals surface area contributed by atoms with E-state index < -0.39 is 5.97 Å². The maximum atomic E-state index is 11.1. The molecule has 0 bridgehead atoms. The van der Waals surface area contributed by atoms with Crippen LogP contribution >= 0.6 is 0 Å². The van der Waals surface area contributed by atoms with Gasteiger partial charge in [-0.3, -0.25) is 4.98 Å². The number of rotatable bonds is 3. The summed E-state index contributed by atoms with van der Waals surface area (Å²) in [6.07, 6.45) is 3.01. The lowest BCUT2D eigenvalue weighted by Gasteiger charge is -2.07. The lowest BCUT2D eigenvalue weighted by atomic mass is 10.0. The molecule has 1 heterocycles. The van der Waals surface area contributed by atoms with Crippen LogP contribution in [0.25, 0.3) is 11.1 Å². The fourth-order valence-corrected chi connectivity index (χ4v) is 1.60. The van der Waals surface area contributed by atoms with E-state index in [2.05, 4.69) is 4.98 Å². The van der Waals surface area contributed by atoms with Gasteiger partial charge in [0.15, 0.2) is 0 Å². The van der Waals surface area contributed by atoms with E-state index in [1.165, 1.54) is 18.5 Å². The number of hydrogen-bond acceptors (Lipinski definition) is 3. The van der Waals surface area contributed by atoms with Crippen LogP contribution in [0.3, 0.4) is 0 Å². The van der Waals surface area contributed by atoms with Crippen molar-refractivity contribution in [2.24, 2.45) is 0 Å². The van der Waals surface area contributed by atoms with E-state index in [-0.39, 0.29) is 5.56 Å². The van der Waals surface area contributed by atoms with Crippen molar-refractivity contribution in [3.63, 3.8) is 0 Å². The normalized spacial score (nSPS) is 9.94. The van der Waals surface area contributed by atoms with Gasteiger partial charge < -0.3 is 9.84 Å². The van der Waals surface area contributed by atoms with Gasteiger partial charge >= 0.3 is 5.97 Å². The van der Waals surface area contributed by atoms with E-state index in [0.29, 0.717) is 11.3 Å². The predicted octanol–water partition coefficient (Wildman–Crippen LogP) is 2.46. The molecule has 0 spiro atoms. The van der Waals surface area contributed by atoms with Gasteiger partial charge in [0.25, 0.3) is 0 Å². The highest BCUT2D eigenvalue weighted by Gasteiger charge is 2.11. The minimum absolute atomic E-state index is 0.230. The van der Waals surface area contributed by atoms with E-state index >= 15 is 0 Å². The second-order valence-electron chi connectivity index (χ2n) is 3.46. The number of carboxylic acid groups (broad SMARTS) is 1. The minimum atomic E-state index is -0.967. The van der Waals surface area contributed by atoms with Crippen molar-refractivity contribution in [2.75, 3.05) is 7.11 Å². The number of benzene rings is 1. The Morgan fingerprint density at radius 2 is 2.18 bits per heavy atom. The Hall–Kier alpha value is -2.36. The molecule has 86 valence electrons.